The number of aliphatic hydroxyl groups excluding tert-OH is 2. The van der Waals surface area contributed by atoms with Gasteiger partial charge in [0.05, 0.1) is 23.6 Å². The molecule has 2 heterocycles. The fourth-order valence-electron chi connectivity index (χ4n) is 3.66. The third-order valence-electron chi connectivity index (χ3n) is 5.59. The van der Waals surface area contributed by atoms with Crippen LogP contribution >= 0.6 is 10.9 Å². The molecule has 4 rings (SSSR count). The first-order valence-electron chi connectivity index (χ1n) is 11.0. The van der Waals surface area contributed by atoms with Crippen LogP contribution in [0, 0.1) is 13.8 Å². The van der Waals surface area contributed by atoms with E-state index in [4.69, 9.17) is 14.6 Å². The molecule has 0 aliphatic rings. The fourth-order valence-corrected chi connectivity index (χ4v) is 4.52. The van der Waals surface area contributed by atoms with Gasteiger partial charge in [-0.25, -0.2) is 4.98 Å². The molecule has 9 heteroatoms. The van der Waals surface area contributed by atoms with Crippen molar-refractivity contribution in [1.29, 1.82) is 0 Å². The Hall–Kier alpha value is -3.50. The highest BCUT2D eigenvalue weighted by Crippen LogP contribution is 2.34. The predicted molar refractivity (Wildman–Crippen MR) is 132 cm³/mol. The van der Waals surface area contributed by atoms with E-state index in [1.54, 1.807) is 30.3 Å². The highest BCUT2D eigenvalue weighted by atomic mass is 32.2. The molecule has 2 aromatic heterocycles. The molecular formula is C26H26N2O6S. The summed E-state index contributed by atoms with van der Waals surface area (Å²) in [5.74, 6) is 0.818. The van der Waals surface area contributed by atoms with Crippen molar-refractivity contribution < 1.29 is 29.3 Å². The van der Waals surface area contributed by atoms with Crippen LogP contribution in [0.5, 0.6) is 17.5 Å². The Bertz CT molecular complexity index is 1310. The molecule has 0 fully saturated rings. The van der Waals surface area contributed by atoms with Crippen molar-refractivity contribution in [3.63, 3.8) is 0 Å². The molecule has 0 spiro atoms. The minimum absolute atomic E-state index is 0.0270. The Morgan fingerprint density at radius 1 is 1.00 bits per heavy atom. The van der Waals surface area contributed by atoms with Gasteiger partial charge in [0.15, 0.2) is 0 Å². The summed E-state index contributed by atoms with van der Waals surface area (Å²) in [6.07, 6.45) is -0.946. The highest BCUT2D eigenvalue weighted by molar-refractivity contribution is 7.23. The smallest absolute Gasteiger partial charge is 0.270 e. The standard InChI is InChI=1S/C26H26N2O6S/c1-16-19(14-33-21-8-6-18(7-9-21)24-12-25(31)28-35(24)32)4-3-5-22(16)23-10-11-26(27-17(23)2)34-15-20(30)13-29/h3-12,20,29-30H,13-15H2,1-2H3,(H,28,31)/t20-,35?/m0/s1. The number of ether oxygens (including phenoxy) is 2. The summed E-state index contributed by atoms with van der Waals surface area (Å²) in [6.45, 7) is 3.90. The van der Waals surface area contributed by atoms with E-state index in [0.717, 1.165) is 27.9 Å². The lowest BCUT2D eigenvalue weighted by Crippen LogP contribution is -2.21. The fraction of sp³-hybridized carbons (Fsp3) is 0.231. The molecule has 2 aromatic carbocycles. The van der Waals surface area contributed by atoms with Crippen molar-refractivity contribution >= 4 is 10.9 Å². The molecule has 0 saturated heterocycles. The minimum Gasteiger partial charge on any atom is -0.568 e. The van der Waals surface area contributed by atoms with Crippen LogP contribution in [-0.4, -0.2) is 48.5 Å². The topological polar surface area (TPSA) is 128 Å². The van der Waals surface area contributed by atoms with Crippen molar-refractivity contribution in [1.82, 2.24) is 9.36 Å². The lowest BCUT2D eigenvalue weighted by atomic mass is 9.96. The highest BCUT2D eigenvalue weighted by Gasteiger charge is 2.15. The van der Waals surface area contributed by atoms with E-state index >= 15 is 0 Å². The van der Waals surface area contributed by atoms with Gasteiger partial charge in [0.2, 0.25) is 10.8 Å². The molecule has 4 aromatic rings. The molecule has 8 nitrogen and oxygen atoms in total. The zero-order valence-corrected chi connectivity index (χ0v) is 20.2. The van der Waals surface area contributed by atoms with Crippen molar-refractivity contribution in [2.24, 2.45) is 0 Å². The summed E-state index contributed by atoms with van der Waals surface area (Å²) >= 11 is 0. The molecule has 1 unspecified atom stereocenters. The molecule has 3 N–H and O–H groups in total. The number of rotatable bonds is 9. The molecule has 0 amide bonds. The molecule has 0 bridgehead atoms. The second-order valence-electron chi connectivity index (χ2n) is 8.04. The van der Waals surface area contributed by atoms with Gasteiger partial charge >= 0.3 is 0 Å². The molecule has 182 valence electrons. The minimum atomic E-state index is -1.59. The molecule has 35 heavy (non-hydrogen) atoms. The van der Waals surface area contributed by atoms with Gasteiger partial charge in [-0.2, -0.15) is 0 Å². The van der Waals surface area contributed by atoms with Gasteiger partial charge in [0.1, 0.15) is 25.1 Å². The lowest BCUT2D eigenvalue weighted by Gasteiger charge is -2.15. The quantitative estimate of drug-likeness (QED) is 0.296. The van der Waals surface area contributed by atoms with Gasteiger partial charge in [-0.05, 0) is 60.9 Å². The number of benzene rings is 2. The lowest BCUT2D eigenvalue weighted by molar-refractivity contribution is 0.0521. The van der Waals surface area contributed by atoms with Crippen molar-refractivity contribution in [3.05, 3.63) is 77.5 Å². The molecule has 0 radical (unpaired) electrons. The molecular weight excluding hydrogens is 468 g/mol. The van der Waals surface area contributed by atoms with Crippen molar-refractivity contribution in [2.45, 2.75) is 26.6 Å². The Balaban J connectivity index is 1.46. The van der Waals surface area contributed by atoms with Gasteiger partial charge in [-0.1, -0.05) is 18.2 Å². The van der Waals surface area contributed by atoms with Gasteiger partial charge < -0.3 is 29.3 Å². The SMILES string of the molecule is Cc1nc(OC[C@@H](O)CO)ccc1-c1cccc(COc2ccc(-c3cc(O)n[s+]3[O-])cc2)c1C. The van der Waals surface area contributed by atoms with Gasteiger partial charge in [-0.3, -0.25) is 0 Å². The first kappa shape index (κ1) is 24.6. The maximum absolute atomic E-state index is 11.9. The largest absolute Gasteiger partial charge is 0.568 e. The first-order valence-corrected chi connectivity index (χ1v) is 12.1. The van der Waals surface area contributed by atoms with E-state index in [1.807, 2.05) is 38.1 Å². The average molecular weight is 495 g/mol. The maximum atomic E-state index is 11.9. The predicted octanol–water partition coefficient (Wildman–Crippen LogP) is 4.17. The first-order chi connectivity index (χ1) is 16.9. The second-order valence-corrected chi connectivity index (χ2v) is 9.16. The van der Waals surface area contributed by atoms with Gasteiger partial charge in [-0.15, -0.1) is 0 Å². The van der Waals surface area contributed by atoms with E-state index < -0.39 is 17.1 Å². The van der Waals surface area contributed by atoms with Crippen LogP contribution in [0.3, 0.4) is 0 Å². The number of pyridine rings is 1. The van der Waals surface area contributed by atoms with Crippen LogP contribution in [0.15, 0.2) is 60.7 Å². The number of hydrogen-bond donors (Lipinski definition) is 3. The summed E-state index contributed by atoms with van der Waals surface area (Å²) in [6, 6.07) is 18.2. The molecule has 0 aliphatic carbocycles. The summed E-state index contributed by atoms with van der Waals surface area (Å²) in [5.41, 5.74) is 5.58. The van der Waals surface area contributed by atoms with Crippen LogP contribution in [-0.2, 0) is 6.61 Å². The number of nitrogens with zero attached hydrogens (tertiary/aromatic N) is 2. The Labute approximate surface area is 206 Å². The summed E-state index contributed by atoms with van der Waals surface area (Å²) in [4.78, 5) is 4.94. The zero-order valence-electron chi connectivity index (χ0n) is 19.3. The maximum Gasteiger partial charge on any atom is 0.270 e. The third kappa shape index (κ3) is 5.77. The summed E-state index contributed by atoms with van der Waals surface area (Å²) in [7, 11) is -1.59. The zero-order chi connectivity index (χ0) is 24.9. The van der Waals surface area contributed by atoms with Crippen LogP contribution in [0.1, 0.15) is 16.8 Å². The van der Waals surface area contributed by atoms with E-state index in [9.17, 15) is 14.8 Å². The number of aromatic nitrogens is 2. The normalized spacial score (nSPS) is 12.4. The van der Waals surface area contributed by atoms with Crippen LogP contribution in [0.4, 0.5) is 0 Å². The monoisotopic (exact) mass is 494 g/mol. The van der Waals surface area contributed by atoms with Crippen LogP contribution < -0.4 is 9.47 Å². The molecule has 2 atom stereocenters. The molecule has 0 saturated carbocycles. The van der Waals surface area contributed by atoms with Gasteiger partial charge in [0.25, 0.3) is 5.88 Å². The second kappa shape index (κ2) is 10.8. The van der Waals surface area contributed by atoms with E-state index in [2.05, 4.69) is 9.36 Å². The third-order valence-corrected chi connectivity index (χ3v) is 6.67. The van der Waals surface area contributed by atoms with Crippen LogP contribution in [0.2, 0.25) is 0 Å². The summed E-state index contributed by atoms with van der Waals surface area (Å²) < 4.78 is 27.0. The number of aryl methyl sites for hydroxylation is 1. The van der Waals surface area contributed by atoms with Gasteiger partial charge in [0, 0.05) is 27.3 Å². The molecule has 0 aliphatic heterocycles. The Morgan fingerprint density at radius 3 is 2.43 bits per heavy atom. The summed E-state index contributed by atoms with van der Waals surface area (Å²) in [5, 5.41) is 27.8. The average Bonchev–Trinajstić information content (AvgIpc) is 3.20. The number of hydrogen-bond acceptors (Lipinski definition) is 8. The van der Waals surface area contributed by atoms with Crippen molar-refractivity contribution in [3.8, 4) is 39.1 Å². The van der Waals surface area contributed by atoms with E-state index in [0.29, 0.717) is 28.7 Å². The number of aliphatic hydroxyl groups is 2. The Morgan fingerprint density at radius 2 is 1.77 bits per heavy atom. The van der Waals surface area contributed by atoms with Crippen molar-refractivity contribution in [2.75, 3.05) is 13.2 Å². The van der Waals surface area contributed by atoms with E-state index in [1.165, 1.54) is 6.07 Å². The van der Waals surface area contributed by atoms with E-state index in [-0.39, 0.29) is 19.1 Å². The number of aromatic hydroxyl groups is 1. The Kier molecular flexibility index (Phi) is 7.62. The van der Waals surface area contributed by atoms with Crippen LogP contribution in [0.25, 0.3) is 21.6 Å².